The Balaban J connectivity index is 1.93. The zero-order valence-electron chi connectivity index (χ0n) is 12.9. The van der Waals surface area contributed by atoms with Crippen molar-refractivity contribution in [2.45, 2.75) is 0 Å². The van der Waals surface area contributed by atoms with Crippen molar-refractivity contribution in [1.82, 2.24) is 0 Å². The maximum Gasteiger partial charge on any atom is 0.0355 e. The lowest BCUT2D eigenvalue weighted by Gasteiger charge is -2.12. The van der Waals surface area contributed by atoms with Gasteiger partial charge < -0.3 is 0 Å². The van der Waals surface area contributed by atoms with E-state index in [4.69, 9.17) is 0 Å². The molecule has 2 aromatic heterocycles. The zero-order valence-corrected chi connectivity index (χ0v) is 14.5. The minimum Gasteiger partial charge on any atom is -0.144 e. The average Bonchev–Trinajstić information content (AvgIpc) is 3.32. The van der Waals surface area contributed by atoms with Gasteiger partial charge in [0.05, 0.1) is 0 Å². The Hall–Kier alpha value is -2.42. The smallest absolute Gasteiger partial charge is 0.0355 e. The summed E-state index contributed by atoms with van der Waals surface area (Å²) in [4.78, 5) is 2.66. The monoisotopic (exact) mass is 342 g/mol. The largest absolute Gasteiger partial charge is 0.144 e. The lowest BCUT2D eigenvalue weighted by Crippen LogP contribution is -1.85. The average molecular weight is 342 g/mol. The van der Waals surface area contributed by atoms with Crippen LogP contribution in [0.1, 0.15) is 0 Å². The SMILES string of the molecule is c1csc(-c2ccc3cc4ccccc4cc3c2-c2cccs2)c1. The topological polar surface area (TPSA) is 0 Å². The maximum absolute atomic E-state index is 2.34. The fourth-order valence-corrected chi connectivity index (χ4v) is 4.89. The molecule has 2 heteroatoms. The van der Waals surface area contributed by atoms with Gasteiger partial charge in [0, 0.05) is 20.9 Å². The van der Waals surface area contributed by atoms with Gasteiger partial charge in [0.15, 0.2) is 0 Å². The summed E-state index contributed by atoms with van der Waals surface area (Å²) in [5.74, 6) is 0. The Morgan fingerprint density at radius 3 is 1.96 bits per heavy atom. The molecule has 3 aromatic carbocycles. The fraction of sp³-hybridized carbons (Fsp3) is 0. The second kappa shape index (κ2) is 5.59. The number of benzene rings is 3. The highest BCUT2D eigenvalue weighted by Gasteiger charge is 2.14. The Kier molecular flexibility index (Phi) is 3.25. The Labute approximate surface area is 148 Å². The standard InChI is InChI=1S/C22H14S2/c1-2-6-16-14-19-17(13-15(16)5-1)9-10-18(20-7-3-11-23-20)22(19)21-8-4-12-24-21/h1-14H. The van der Waals surface area contributed by atoms with E-state index in [1.54, 1.807) is 11.3 Å². The maximum atomic E-state index is 2.34. The number of rotatable bonds is 2. The summed E-state index contributed by atoms with van der Waals surface area (Å²) in [7, 11) is 0. The van der Waals surface area contributed by atoms with Gasteiger partial charge in [-0.05, 0) is 56.6 Å². The van der Waals surface area contributed by atoms with Gasteiger partial charge in [0.2, 0.25) is 0 Å². The van der Waals surface area contributed by atoms with Crippen molar-refractivity contribution in [3.63, 3.8) is 0 Å². The number of hydrogen-bond donors (Lipinski definition) is 0. The fourth-order valence-electron chi connectivity index (χ4n) is 3.34. The molecule has 114 valence electrons. The van der Waals surface area contributed by atoms with Gasteiger partial charge in [-0.3, -0.25) is 0 Å². The van der Waals surface area contributed by atoms with E-state index in [1.165, 1.54) is 42.4 Å². The van der Waals surface area contributed by atoms with Crippen molar-refractivity contribution in [3.8, 4) is 20.9 Å². The van der Waals surface area contributed by atoms with E-state index < -0.39 is 0 Å². The van der Waals surface area contributed by atoms with Crippen molar-refractivity contribution in [1.29, 1.82) is 0 Å². The van der Waals surface area contributed by atoms with Gasteiger partial charge in [-0.1, -0.05) is 48.5 Å². The van der Waals surface area contributed by atoms with E-state index in [0.717, 1.165) is 0 Å². The molecule has 0 N–H and O–H groups in total. The molecule has 5 aromatic rings. The lowest BCUT2D eigenvalue weighted by atomic mass is 9.94. The summed E-state index contributed by atoms with van der Waals surface area (Å²) in [6.07, 6.45) is 0. The van der Waals surface area contributed by atoms with Crippen LogP contribution in [0.25, 0.3) is 42.4 Å². The Bertz CT molecular complexity index is 1130. The molecule has 0 aliphatic heterocycles. The third-order valence-corrected chi connectivity index (χ3v) is 6.23. The molecule has 0 amide bonds. The second-order valence-electron chi connectivity index (χ2n) is 5.86. The van der Waals surface area contributed by atoms with Gasteiger partial charge in [0.1, 0.15) is 0 Å². The highest BCUT2D eigenvalue weighted by Crippen LogP contribution is 2.42. The molecule has 24 heavy (non-hydrogen) atoms. The van der Waals surface area contributed by atoms with Crippen molar-refractivity contribution < 1.29 is 0 Å². The van der Waals surface area contributed by atoms with Gasteiger partial charge >= 0.3 is 0 Å². The van der Waals surface area contributed by atoms with E-state index in [0.29, 0.717) is 0 Å². The first-order chi connectivity index (χ1) is 11.9. The summed E-state index contributed by atoms with van der Waals surface area (Å²) >= 11 is 3.62. The quantitative estimate of drug-likeness (QED) is 0.292. The minimum absolute atomic E-state index is 1.30. The minimum atomic E-state index is 1.30. The van der Waals surface area contributed by atoms with Crippen LogP contribution >= 0.6 is 22.7 Å². The van der Waals surface area contributed by atoms with E-state index in [9.17, 15) is 0 Å². The summed E-state index contributed by atoms with van der Waals surface area (Å²) in [5.41, 5.74) is 2.69. The van der Waals surface area contributed by atoms with Crippen molar-refractivity contribution in [2.24, 2.45) is 0 Å². The molecular weight excluding hydrogens is 328 g/mol. The zero-order chi connectivity index (χ0) is 15.9. The molecule has 5 rings (SSSR count). The first-order valence-electron chi connectivity index (χ1n) is 7.93. The van der Waals surface area contributed by atoms with Crippen LogP contribution in [-0.2, 0) is 0 Å². The molecule has 0 nitrogen and oxygen atoms in total. The molecule has 0 saturated heterocycles. The van der Waals surface area contributed by atoms with Crippen LogP contribution in [0.3, 0.4) is 0 Å². The highest BCUT2D eigenvalue weighted by atomic mass is 32.1. The van der Waals surface area contributed by atoms with Crippen molar-refractivity contribution >= 4 is 44.2 Å². The van der Waals surface area contributed by atoms with Crippen molar-refractivity contribution in [2.75, 3.05) is 0 Å². The van der Waals surface area contributed by atoms with E-state index in [2.05, 4.69) is 83.6 Å². The van der Waals surface area contributed by atoms with Gasteiger partial charge in [-0.2, -0.15) is 0 Å². The van der Waals surface area contributed by atoms with Gasteiger partial charge in [0.25, 0.3) is 0 Å². The van der Waals surface area contributed by atoms with Crippen LogP contribution in [-0.4, -0.2) is 0 Å². The van der Waals surface area contributed by atoms with E-state index >= 15 is 0 Å². The van der Waals surface area contributed by atoms with Crippen LogP contribution in [0.15, 0.2) is 83.6 Å². The van der Waals surface area contributed by atoms with Crippen LogP contribution in [0.5, 0.6) is 0 Å². The molecule has 2 heterocycles. The van der Waals surface area contributed by atoms with Crippen LogP contribution in [0.2, 0.25) is 0 Å². The molecule has 0 saturated carbocycles. The molecule has 0 atom stereocenters. The Morgan fingerprint density at radius 2 is 1.25 bits per heavy atom. The van der Waals surface area contributed by atoms with Crippen LogP contribution in [0.4, 0.5) is 0 Å². The highest BCUT2D eigenvalue weighted by molar-refractivity contribution is 7.14. The number of fused-ring (bicyclic) bond motifs is 2. The summed E-state index contributed by atoms with van der Waals surface area (Å²) in [6, 6.07) is 26.5. The molecule has 0 fully saturated rings. The second-order valence-corrected chi connectivity index (χ2v) is 7.76. The summed E-state index contributed by atoms with van der Waals surface area (Å²) in [5, 5.41) is 9.54. The summed E-state index contributed by atoms with van der Waals surface area (Å²) in [6.45, 7) is 0. The first kappa shape index (κ1) is 14.0. The molecule has 0 aliphatic rings. The number of hydrogen-bond acceptors (Lipinski definition) is 2. The molecule has 0 spiro atoms. The molecule has 0 bridgehead atoms. The van der Waals surface area contributed by atoms with E-state index in [1.807, 2.05) is 11.3 Å². The molecule has 0 aliphatic carbocycles. The van der Waals surface area contributed by atoms with E-state index in [-0.39, 0.29) is 0 Å². The third kappa shape index (κ3) is 2.19. The lowest BCUT2D eigenvalue weighted by molar-refractivity contribution is 1.74. The van der Waals surface area contributed by atoms with Crippen LogP contribution < -0.4 is 0 Å². The van der Waals surface area contributed by atoms with Crippen LogP contribution in [0, 0.1) is 0 Å². The normalized spacial score (nSPS) is 11.3. The molecule has 0 unspecified atom stereocenters. The van der Waals surface area contributed by atoms with Gasteiger partial charge in [-0.25, -0.2) is 0 Å². The molecule has 0 radical (unpaired) electrons. The molecular formula is C22H14S2. The van der Waals surface area contributed by atoms with Crippen molar-refractivity contribution in [3.05, 3.63) is 83.6 Å². The van der Waals surface area contributed by atoms with Gasteiger partial charge in [-0.15, -0.1) is 22.7 Å². The third-order valence-electron chi connectivity index (χ3n) is 4.44. The Morgan fingerprint density at radius 1 is 0.542 bits per heavy atom. The predicted octanol–water partition coefficient (Wildman–Crippen LogP) is 7.45. The predicted molar refractivity (Wildman–Crippen MR) is 108 cm³/mol. The first-order valence-corrected chi connectivity index (χ1v) is 9.69. The summed E-state index contributed by atoms with van der Waals surface area (Å²) < 4.78 is 0. The number of thiophene rings is 2.